The van der Waals surface area contributed by atoms with Gasteiger partial charge in [-0.3, -0.25) is 0 Å². The summed E-state index contributed by atoms with van der Waals surface area (Å²) in [5.41, 5.74) is 0.136. The third-order valence-corrected chi connectivity index (χ3v) is 5.58. The summed E-state index contributed by atoms with van der Waals surface area (Å²) in [6.07, 6.45) is 3.36. The van der Waals surface area contributed by atoms with Crippen molar-refractivity contribution >= 4 is 30.5 Å². The van der Waals surface area contributed by atoms with Crippen LogP contribution in [0.1, 0.15) is 35.4 Å². The molecule has 17 heavy (non-hydrogen) atoms. The van der Waals surface area contributed by atoms with Gasteiger partial charge in [0.05, 0.1) is 0 Å². The quantitative estimate of drug-likeness (QED) is 0.370. The summed E-state index contributed by atoms with van der Waals surface area (Å²) in [7, 11) is 0. The van der Waals surface area contributed by atoms with Crippen LogP contribution in [0.25, 0.3) is 0 Å². The Morgan fingerprint density at radius 2 is 2.06 bits per heavy atom. The standard InChI is InChI=1S/C11H14N2O3Se/c1-8(14)10-7-9(13(15)16)11(17-10)12-5-3-2-4-6-12/h7H,2-6H2,1H3. The van der Waals surface area contributed by atoms with Crippen molar-refractivity contribution in [3.63, 3.8) is 0 Å². The van der Waals surface area contributed by atoms with Crippen LogP contribution in [0.15, 0.2) is 6.07 Å². The Bertz CT molecular complexity index is 450. The van der Waals surface area contributed by atoms with Gasteiger partial charge in [-0.15, -0.1) is 0 Å². The Hall–Kier alpha value is -1.13. The topological polar surface area (TPSA) is 63.4 Å². The zero-order valence-corrected chi connectivity index (χ0v) is 11.4. The van der Waals surface area contributed by atoms with Crippen molar-refractivity contribution < 1.29 is 9.72 Å². The van der Waals surface area contributed by atoms with Crippen LogP contribution in [-0.2, 0) is 0 Å². The van der Waals surface area contributed by atoms with Crippen LogP contribution in [0.2, 0.25) is 0 Å². The molecule has 1 aromatic heterocycles. The number of nitrogens with zero attached hydrogens (tertiary/aromatic N) is 2. The van der Waals surface area contributed by atoms with Crippen LogP contribution in [0, 0.1) is 10.1 Å². The first-order chi connectivity index (χ1) is 8.09. The molecule has 0 radical (unpaired) electrons. The molecule has 1 aromatic rings. The third-order valence-electron chi connectivity index (χ3n) is 2.88. The molecule has 0 aromatic carbocycles. The monoisotopic (exact) mass is 302 g/mol. The van der Waals surface area contributed by atoms with Crippen LogP contribution < -0.4 is 4.90 Å². The second-order valence-corrected chi connectivity index (χ2v) is 6.32. The van der Waals surface area contributed by atoms with Crippen LogP contribution in [0.3, 0.4) is 0 Å². The maximum absolute atomic E-state index is 11.3. The Kier molecular flexibility index (Phi) is 3.64. The van der Waals surface area contributed by atoms with E-state index in [0.29, 0.717) is 4.44 Å². The van der Waals surface area contributed by atoms with E-state index in [1.165, 1.54) is 19.4 Å². The summed E-state index contributed by atoms with van der Waals surface area (Å²) in [5.74, 6) is -0.0450. The number of carbonyl (C=O) groups excluding carboxylic acids is 1. The minimum atomic E-state index is -0.359. The Morgan fingerprint density at radius 1 is 1.41 bits per heavy atom. The molecule has 1 aliphatic heterocycles. The van der Waals surface area contributed by atoms with Gasteiger partial charge in [-0.1, -0.05) is 0 Å². The summed E-state index contributed by atoms with van der Waals surface area (Å²) < 4.78 is 1.40. The number of anilines is 1. The first-order valence-electron chi connectivity index (χ1n) is 5.63. The number of hydrogen-bond acceptors (Lipinski definition) is 4. The van der Waals surface area contributed by atoms with Crippen molar-refractivity contribution in [2.75, 3.05) is 18.0 Å². The molecule has 0 aliphatic carbocycles. The van der Waals surface area contributed by atoms with E-state index in [4.69, 9.17) is 0 Å². The van der Waals surface area contributed by atoms with Gasteiger partial charge in [0, 0.05) is 0 Å². The fourth-order valence-corrected chi connectivity index (χ4v) is 4.25. The van der Waals surface area contributed by atoms with Crippen molar-refractivity contribution in [1.29, 1.82) is 0 Å². The van der Waals surface area contributed by atoms with Crippen LogP contribution in [-0.4, -0.2) is 38.3 Å². The third kappa shape index (κ3) is 2.58. The van der Waals surface area contributed by atoms with Crippen molar-refractivity contribution in [3.8, 4) is 0 Å². The average molecular weight is 301 g/mol. The second-order valence-electron chi connectivity index (χ2n) is 4.16. The average Bonchev–Trinajstić information content (AvgIpc) is 2.75. The molecule has 5 nitrogen and oxygen atoms in total. The van der Waals surface area contributed by atoms with Crippen LogP contribution >= 0.6 is 0 Å². The number of ketones is 1. The van der Waals surface area contributed by atoms with Crippen molar-refractivity contribution in [1.82, 2.24) is 0 Å². The van der Waals surface area contributed by atoms with Gasteiger partial charge in [-0.25, -0.2) is 0 Å². The van der Waals surface area contributed by atoms with Crippen LogP contribution in [0.4, 0.5) is 10.2 Å². The summed E-state index contributed by atoms with van der Waals surface area (Å²) in [4.78, 5) is 24.1. The molecule has 2 heterocycles. The number of piperidine rings is 1. The van der Waals surface area contributed by atoms with Gasteiger partial charge in [0.2, 0.25) is 0 Å². The number of nitro groups is 1. The Labute approximate surface area is 105 Å². The molecule has 0 spiro atoms. The van der Waals surface area contributed by atoms with Gasteiger partial charge in [0.1, 0.15) is 0 Å². The summed E-state index contributed by atoms with van der Waals surface area (Å²) in [6.45, 7) is 3.24. The molecular weight excluding hydrogens is 287 g/mol. The zero-order chi connectivity index (χ0) is 12.4. The summed E-state index contributed by atoms with van der Waals surface area (Å²) in [6, 6.07) is 1.46. The molecule has 0 N–H and O–H groups in total. The van der Waals surface area contributed by atoms with E-state index in [-0.39, 0.29) is 30.9 Å². The molecular formula is C11H14N2O3Se. The number of rotatable bonds is 3. The SMILES string of the molecule is CC(=O)c1cc([N+](=O)[O-])c(N2CCCCC2)[se]1. The summed E-state index contributed by atoms with van der Waals surface area (Å²) in [5, 5.41) is 11.0. The molecule has 92 valence electrons. The van der Waals surface area contributed by atoms with E-state index in [1.807, 2.05) is 0 Å². The normalized spacial score (nSPS) is 15.9. The Morgan fingerprint density at radius 3 is 2.59 bits per heavy atom. The number of Topliss-reactive ketones (excluding diaryl/α,β-unsaturated/α-hetero) is 1. The van der Waals surface area contributed by atoms with E-state index in [9.17, 15) is 14.9 Å². The van der Waals surface area contributed by atoms with Crippen molar-refractivity contribution in [2.24, 2.45) is 0 Å². The second kappa shape index (κ2) is 5.02. The maximum atomic E-state index is 11.3. The predicted molar refractivity (Wildman–Crippen MR) is 66.1 cm³/mol. The number of carbonyl (C=O) groups is 1. The molecule has 0 atom stereocenters. The van der Waals surface area contributed by atoms with E-state index < -0.39 is 0 Å². The molecule has 6 heteroatoms. The first kappa shape index (κ1) is 12.3. The van der Waals surface area contributed by atoms with Crippen LogP contribution in [0.5, 0.6) is 0 Å². The molecule has 2 rings (SSSR count). The van der Waals surface area contributed by atoms with E-state index in [0.717, 1.165) is 30.5 Å². The molecule has 0 amide bonds. The molecule has 0 bridgehead atoms. The molecule has 1 fully saturated rings. The van der Waals surface area contributed by atoms with Crippen molar-refractivity contribution in [2.45, 2.75) is 26.2 Å². The molecule has 0 unspecified atom stereocenters. The fourth-order valence-electron chi connectivity index (χ4n) is 2.00. The Balaban J connectivity index is 2.36. The first-order valence-corrected chi connectivity index (χ1v) is 7.35. The summed E-state index contributed by atoms with van der Waals surface area (Å²) >= 11 is -0.189. The molecule has 1 aliphatic rings. The predicted octanol–water partition coefficient (Wildman–Crippen LogP) is 1.84. The van der Waals surface area contributed by atoms with Gasteiger partial charge >= 0.3 is 105 Å². The van der Waals surface area contributed by atoms with Gasteiger partial charge in [-0.2, -0.15) is 0 Å². The molecule has 1 saturated heterocycles. The fraction of sp³-hybridized carbons (Fsp3) is 0.545. The van der Waals surface area contributed by atoms with Gasteiger partial charge in [0.25, 0.3) is 0 Å². The van der Waals surface area contributed by atoms with Gasteiger partial charge in [0.15, 0.2) is 0 Å². The van der Waals surface area contributed by atoms with E-state index >= 15 is 0 Å². The van der Waals surface area contributed by atoms with E-state index in [1.54, 1.807) is 0 Å². The van der Waals surface area contributed by atoms with Crippen molar-refractivity contribution in [3.05, 3.63) is 20.6 Å². The van der Waals surface area contributed by atoms with Gasteiger partial charge in [-0.05, 0) is 0 Å². The minimum absolute atomic E-state index is 0.0450. The zero-order valence-electron chi connectivity index (χ0n) is 9.64. The van der Waals surface area contributed by atoms with Gasteiger partial charge < -0.3 is 0 Å². The van der Waals surface area contributed by atoms with E-state index in [2.05, 4.69) is 4.90 Å². The molecule has 0 saturated carbocycles. The number of hydrogen-bond donors (Lipinski definition) is 0.